The zero-order valence-electron chi connectivity index (χ0n) is 13.6. The monoisotopic (exact) mass is 377 g/mol. The number of amides is 3. The lowest BCUT2D eigenvalue weighted by Gasteiger charge is -2.17. The Morgan fingerprint density at radius 2 is 1.84 bits per heavy atom. The maximum atomic E-state index is 12.2. The Morgan fingerprint density at radius 3 is 2.52 bits per heavy atom. The number of urea groups is 1. The number of rotatable bonds is 3. The predicted molar refractivity (Wildman–Crippen MR) is 101 cm³/mol. The summed E-state index contributed by atoms with van der Waals surface area (Å²) in [6.07, 6.45) is 0.267. The second-order valence-electron chi connectivity index (χ2n) is 5.97. The van der Waals surface area contributed by atoms with Gasteiger partial charge in [-0.1, -0.05) is 40.9 Å². The minimum absolute atomic E-state index is 0.0105. The van der Waals surface area contributed by atoms with E-state index in [0.717, 1.165) is 11.3 Å². The van der Waals surface area contributed by atoms with Gasteiger partial charge in [0, 0.05) is 24.3 Å². The Balaban J connectivity index is 1.60. The van der Waals surface area contributed by atoms with Gasteiger partial charge >= 0.3 is 6.03 Å². The molecule has 1 heterocycles. The van der Waals surface area contributed by atoms with Crippen LogP contribution in [0.2, 0.25) is 10.0 Å². The third-order valence-electron chi connectivity index (χ3n) is 3.98. The van der Waals surface area contributed by atoms with Gasteiger partial charge in [-0.3, -0.25) is 4.79 Å². The molecule has 2 N–H and O–H groups in total. The van der Waals surface area contributed by atoms with Gasteiger partial charge in [0.1, 0.15) is 0 Å². The summed E-state index contributed by atoms with van der Waals surface area (Å²) in [5.74, 6) is -0.0105. The molecule has 1 fully saturated rings. The second kappa shape index (κ2) is 7.33. The van der Waals surface area contributed by atoms with Crippen molar-refractivity contribution in [2.45, 2.75) is 19.4 Å². The molecule has 7 heteroatoms. The Labute approximate surface area is 155 Å². The number of benzene rings is 2. The highest BCUT2D eigenvalue weighted by Crippen LogP contribution is 2.25. The van der Waals surface area contributed by atoms with Gasteiger partial charge < -0.3 is 15.5 Å². The molecule has 0 bridgehead atoms. The van der Waals surface area contributed by atoms with Crippen LogP contribution in [0.25, 0.3) is 0 Å². The van der Waals surface area contributed by atoms with E-state index >= 15 is 0 Å². The van der Waals surface area contributed by atoms with Crippen LogP contribution < -0.4 is 15.5 Å². The van der Waals surface area contributed by atoms with Gasteiger partial charge in [0.25, 0.3) is 0 Å². The van der Waals surface area contributed by atoms with Crippen LogP contribution in [0.4, 0.5) is 16.2 Å². The average molecular weight is 378 g/mol. The highest BCUT2D eigenvalue weighted by molar-refractivity contribution is 6.42. The molecule has 5 nitrogen and oxygen atoms in total. The SMILES string of the molecule is Cc1ccc(N2C[C@H](NC(=O)Nc3ccc(Cl)c(Cl)c3)CC2=O)cc1. The maximum absolute atomic E-state index is 12.2. The molecular weight excluding hydrogens is 361 g/mol. The summed E-state index contributed by atoms with van der Waals surface area (Å²) in [5, 5.41) is 6.29. The Kier molecular flexibility index (Phi) is 5.16. The number of anilines is 2. The zero-order chi connectivity index (χ0) is 18.0. The van der Waals surface area contributed by atoms with Crippen LogP contribution in [0.15, 0.2) is 42.5 Å². The van der Waals surface area contributed by atoms with Crippen LogP contribution >= 0.6 is 23.2 Å². The molecule has 0 aliphatic carbocycles. The fourth-order valence-corrected chi connectivity index (χ4v) is 3.00. The first-order valence-electron chi connectivity index (χ1n) is 7.82. The van der Waals surface area contributed by atoms with E-state index < -0.39 is 0 Å². The molecular formula is C18H17Cl2N3O2. The number of nitrogens with zero attached hydrogens (tertiary/aromatic N) is 1. The highest BCUT2D eigenvalue weighted by atomic mass is 35.5. The van der Waals surface area contributed by atoms with Crippen molar-refractivity contribution in [2.24, 2.45) is 0 Å². The molecule has 3 rings (SSSR count). The zero-order valence-corrected chi connectivity index (χ0v) is 15.1. The third-order valence-corrected chi connectivity index (χ3v) is 4.72. The van der Waals surface area contributed by atoms with E-state index in [-0.39, 0.29) is 24.4 Å². The van der Waals surface area contributed by atoms with Crippen LogP contribution in [-0.2, 0) is 4.79 Å². The highest BCUT2D eigenvalue weighted by Gasteiger charge is 2.31. The topological polar surface area (TPSA) is 61.4 Å². The minimum Gasteiger partial charge on any atom is -0.333 e. The quantitative estimate of drug-likeness (QED) is 0.840. The van der Waals surface area contributed by atoms with Crippen molar-refractivity contribution in [3.63, 3.8) is 0 Å². The van der Waals surface area contributed by atoms with Crippen molar-refractivity contribution in [2.75, 3.05) is 16.8 Å². The van der Waals surface area contributed by atoms with Gasteiger partial charge in [-0.05, 0) is 37.3 Å². The lowest BCUT2D eigenvalue weighted by atomic mass is 10.2. The van der Waals surface area contributed by atoms with Crippen molar-refractivity contribution >= 4 is 46.5 Å². The largest absolute Gasteiger partial charge is 0.333 e. The summed E-state index contributed by atoms with van der Waals surface area (Å²) >= 11 is 11.8. The van der Waals surface area contributed by atoms with E-state index in [9.17, 15) is 9.59 Å². The lowest BCUT2D eigenvalue weighted by molar-refractivity contribution is -0.117. The standard InChI is InChI=1S/C18H17Cl2N3O2/c1-11-2-5-14(6-3-11)23-10-13(9-17(23)24)22-18(25)21-12-4-7-15(19)16(20)8-12/h2-8,13H,9-10H2,1H3,(H2,21,22,25)/t13-/m1/s1. The Hall–Kier alpha value is -2.24. The van der Waals surface area contributed by atoms with E-state index in [2.05, 4.69) is 10.6 Å². The second-order valence-corrected chi connectivity index (χ2v) is 6.78. The van der Waals surface area contributed by atoms with Crippen LogP contribution in [0, 0.1) is 6.92 Å². The fraction of sp³-hybridized carbons (Fsp3) is 0.222. The molecule has 1 aliphatic heterocycles. The van der Waals surface area contributed by atoms with Gasteiger partial charge in [0.05, 0.1) is 16.1 Å². The van der Waals surface area contributed by atoms with Crippen LogP contribution in [0.3, 0.4) is 0 Å². The Morgan fingerprint density at radius 1 is 1.12 bits per heavy atom. The number of carbonyl (C=O) groups is 2. The molecule has 130 valence electrons. The minimum atomic E-state index is -0.387. The van der Waals surface area contributed by atoms with E-state index in [4.69, 9.17) is 23.2 Å². The molecule has 0 unspecified atom stereocenters. The summed E-state index contributed by atoms with van der Waals surface area (Å²) in [4.78, 5) is 26.0. The fourth-order valence-electron chi connectivity index (χ4n) is 2.70. The van der Waals surface area contributed by atoms with Crippen molar-refractivity contribution in [1.29, 1.82) is 0 Å². The van der Waals surface area contributed by atoms with Crippen LogP contribution in [-0.4, -0.2) is 24.5 Å². The number of hydrogen-bond acceptors (Lipinski definition) is 2. The third kappa shape index (κ3) is 4.24. The smallest absolute Gasteiger partial charge is 0.319 e. The van der Waals surface area contributed by atoms with Gasteiger partial charge in [-0.25, -0.2) is 4.79 Å². The maximum Gasteiger partial charge on any atom is 0.319 e. The molecule has 1 saturated heterocycles. The molecule has 25 heavy (non-hydrogen) atoms. The predicted octanol–water partition coefficient (Wildman–Crippen LogP) is 4.23. The first kappa shape index (κ1) is 17.6. The van der Waals surface area contributed by atoms with Crippen molar-refractivity contribution < 1.29 is 9.59 Å². The normalized spacial score (nSPS) is 16.8. The van der Waals surface area contributed by atoms with Gasteiger partial charge in [0.15, 0.2) is 0 Å². The number of halogens is 2. The molecule has 1 aliphatic rings. The molecule has 2 aromatic rings. The van der Waals surface area contributed by atoms with E-state index in [0.29, 0.717) is 22.3 Å². The number of aryl methyl sites for hydroxylation is 1. The lowest BCUT2D eigenvalue weighted by Crippen LogP contribution is -2.39. The molecule has 0 saturated carbocycles. The van der Waals surface area contributed by atoms with Gasteiger partial charge in [-0.2, -0.15) is 0 Å². The summed E-state index contributed by atoms with van der Waals surface area (Å²) in [6, 6.07) is 11.9. The molecule has 2 aromatic carbocycles. The van der Waals surface area contributed by atoms with Crippen molar-refractivity contribution in [1.82, 2.24) is 5.32 Å². The number of carbonyl (C=O) groups excluding carboxylic acids is 2. The molecule has 0 radical (unpaired) electrons. The number of nitrogens with one attached hydrogen (secondary N) is 2. The van der Waals surface area contributed by atoms with Crippen LogP contribution in [0.5, 0.6) is 0 Å². The van der Waals surface area contributed by atoms with Crippen molar-refractivity contribution in [3.05, 3.63) is 58.1 Å². The van der Waals surface area contributed by atoms with E-state index in [1.54, 1.807) is 23.1 Å². The first-order valence-corrected chi connectivity index (χ1v) is 8.57. The van der Waals surface area contributed by atoms with Crippen LogP contribution in [0.1, 0.15) is 12.0 Å². The summed E-state index contributed by atoms with van der Waals surface area (Å²) in [7, 11) is 0. The molecule has 1 atom stereocenters. The molecule has 3 amide bonds. The van der Waals surface area contributed by atoms with E-state index in [1.807, 2.05) is 31.2 Å². The summed E-state index contributed by atoms with van der Waals surface area (Å²) in [6.45, 7) is 2.43. The molecule has 0 aromatic heterocycles. The van der Waals surface area contributed by atoms with Crippen molar-refractivity contribution in [3.8, 4) is 0 Å². The number of hydrogen-bond donors (Lipinski definition) is 2. The summed E-state index contributed by atoms with van der Waals surface area (Å²) < 4.78 is 0. The molecule has 0 spiro atoms. The Bertz CT molecular complexity index is 808. The average Bonchev–Trinajstić information content (AvgIpc) is 2.92. The van der Waals surface area contributed by atoms with E-state index in [1.165, 1.54) is 0 Å². The summed E-state index contributed by atoms with van der Waals surface area (Å²) in [5.41, 5.74) is 2.50. The van der Waals surface area contributed by atoms with Gasteiger partial charge in [-0.15, -0.1) is 0 Å². The first-order chi connectivity index (χ1) is 11.9. The van der Waals surface area contributed by atoms with Gasteiger partial charge in [0.2, 0.25) is 5.91 Å².